The molecule has 436 valence electrons. The fraction of sp³-hybridized carbons (Fsp3) is 0.200. The van der Waals surface area contributed by atoms with E-state index in [0.717, 1.165) is 5.75 Å². The molecule has 0 radical (unpaired) electrons. The van der Waals surface area contributed by atoms with Crippen molar-refractivity contribution in [3.63, 3.8) is 0 Å². The summed E-state index contributed by atoms with van der Waals surface area (Å²) in [6, 6.07) is 41.8. The van der Waals surface area contributed by atoms with Crippen LogP contribution in [-0.2, 0) is 68.4 Å². The second kappa shape index (κ2) is 29.8. The molecule has 9 rings (SSSR count). The van der Waals surface area contributed by atoms with Gasteiger partial charge < -0.3 is 32.8 Å². The van der Waals surface area contributed by atoms with Gasteiger partial charge in [0, 0.05) is 38.9 Å². The zero-order valence-electron chi connectivity index (χ0n) is 45.2. The lowest BCUT2D eigenvalue weighted by atomic mass is 10.1. The monoisotopic (exact) mass is 1430 g/mol. The van der Waals surface area contributed by atoms with Crippen molar-refractivity contribution < 1.29 is 58.0 Å². The van der Waals surface area contributed by atoms with Gasteiger partial charge in [-0.25, -0.2) is 25.3 Å². The molecule has 1 aliphatic heterocycles. The second-order valence-electron chi connectivity index (χ2n) is 17.6. The van der Waals surface area contributed by atoms with Crippen LogP contribution in [0.1, 0.15) is 33.4 Å². The highest BCUT2D eigenvalue weighted by molar-refractivity contribution is 14.1. The van der Waals surface area contributed by atoms with Crippen LogP contribution in [0, 0.1) is 14.1 Å². The quantitative estimate of drug-likeness (QED) is 0.0445. The van der Waals surface area contributed by atoms with Gasteiger partial charge in [0.25, 0.3) is 0 Å². The molecule has 2 heterocycles. The number of aromatic nitrogens is 4. The van der Waals surface area contributed by atoms with Gasteiger partial charge >= 0.3 is 0 Å². The van der Waals surface area contributed by atoms with Crippen LogP contribution < -0.4 is 23.7 Å². The number of nitrogens with zero attached hydrogens (tertiary/aromatic N) is 8. The van der Waals surface area contributed by atoms with Crippen LogP contribution in [0.2, 0.25) is 0 Å². The summed E-state index contributed by atoms with van der Waals surface area (Å²) in [6.45, 7) is 2.08. The molecule has 0 spiro atoms. The van der Waals surface area contributed by atoms with Crippen LogP contribution in [0.15, 0.2) is 181 Å². The Kier molecular flexibility index (Phi) is 22.9. The molecular formula is C55H55I2N9O13S4. The van der Waals surface area contributed by atoms with Crippen LogP contribution in [0.4, 0.5) is 0 Å². The van der Waals surface area contributed by atoms with Gasteiger partial charge in [0.05, 0.1) is 56.6 Å². The Hall–Kier alpha value is -6.62. The van der Waals surface area contributed by atoms with Crippen molar-refractivity contribution in [3.8, 4) is 40.1 Å². The molecule has 3 N–H and O–H groups in total. The lowest BCUT2D eigenvalue weighted by molar-refractivity contribution is 0.396. The average molecular weight is 1430 g/mol. The zero-order chi connectivity index (χ0) is 59.8. The van der Waals surface area contributed by atoms with E-state index in [2.05, 4.69) is 43.0 Å². The first-order valence-electron chi connectivity index (χ1n) is 24.5. The predicted octanol–water partition coefficient (Wildman–Crippen LogP) is 9.91. The SMILES string of the molecule is COc1ccc(C)cc1.COc1ccc(CN(Cc2ccc(OC)cc2)S(=O)(=O)c2c(S(=O)O)ccc(I)c2-c2nn[nH]n2)cc1.COc1ccc(CN(Cc2ccc(OC)cc2)S(=O)(=O)c2c(S(=O)O)ccc(I)c2C2=NN=NC2)cc1. The van der Waals surface area contributed by atoms with Gasteiger partial charge in [0.2, 0.25) is 25.9 Å². The summed E-state index contributed by atoms with van der Waals surface area (Å²) in [4.78, 5) is -1.16. The van der Waals surface area contributed by atoms with Crippen LogP contribution in [0.5, 0.6) is 28.7 Å². The van der Waals surface area contributed by atoms with Gasteiger partial charge in [0.15, 0.2) is 22.2 Å². The molecule has 1 aliphatic rings. The third-order valence-electron chi connectivity index (χ3n) is 12.3. The highest BCUT2D eigenvalue weighted by Gasteiger charge is 2.37. The van der Waals surface area contributed by atoms with Crippen LogP contribution in [0.25, 0.3) is 11.4 Å². The Bertz CT molecular complexity index is 3730. The summed E-state index contributed by atoms with van der Waals surface area (Å²) in [6.07, 6.45) is 0. The first kappa shape index (κ1) is 64.0. The minimum Gasteiger partial charge on any atom is -0.497 e. The Balaban J connectivity index is 0.000000207. The largest absolute Gasteiger partial charge is 0.497 e. The Morgan fingerprint density at radius 1 is 0.518 bits per heavy atom. The van der Waals surface area contributed by atoms with Crippen molar-refractivity contribution in [1.82, 2.24) is 29.2 Å². The molecule has 22 nitrogen and oxygen atoms in total. The normalized spacial score (nSPS) is 12.8. The van der Waals surface area contributed by atoms with E-state index < -0.39 is 42.2 Å². The third kappa shape index (κ3) is 16.4. The molecule has 2 unspecified atom stereocenters. The molecule has 7 aromatic carbocycles. The number of hydrogen-bond acceptors (Lipinski definition) is 17. The highest BCUT2D eigenvalue weighted by Crippen LogP contribution is 2.38. The number of aryl methyl sites for hydroxylation is 1. The molecule has 0 saturated carbocycles. The maximum absolute atomic E-state index is 14.4. The van der Waals surface area contributed by atoms with Crippen molar-refractivity contribution >= 4 is 93.1 Å². The number of tetrazole rings is 1. The number of hydrogen-bond donors (Lipinski definition) is 3. The molecule has 0 saturated heterocycles. The van der Waals surface area contributed by atoms with Crippen molar-refractivity contribution in [2.24, 2.45) is 15.4 Å². The van der Waals surface area contributed by atoms with Crippen LogP contribution >= 0.6 is 45.2 Å². The molecule has 0 bridgehead atoms. The minimum absolute atomic E-state index is 0.00198. The van der Waals surface area contributed by atoms with Crippen molar-refractivity contribution in [1.29, 1.82) is 0 Å². The maximum atomic E-state index is 14.4. The fourth-order valence-electron chi connectivity index (χ4n) is 8.08. The molecule has 2 atom stereocenters. The number of aromatic amines is 1. The summed E-state index contributed by atoms with van der Waals surface area (Å²) in [5.41, 5.74) is 4.68. The van der Waals surface area contributed by atoms with Crippen LogP contribution in [-0.4, -0.2) is 111 Å². The predicted molar refractivity (Wildman–Crippen MR) is 328 cm³/mol. The molecule has 8 aromatic rings. The van der Waals surface area contributed by atoms with Gasteiger partial charge in [-0.1, -0.05) is 66.2 Å². The zero-order valence-corrected chi connectivity index (χ0v) is 52.8. The number of halogens is 2. The lowest BCUT2D eigenvalue weighted by Gasteiger charge is -2.25. The summed E-state index contributed by atoms with van der Waals surface area (Å²) >= 11 is -1.27. The van der Waals surface area contributed by atoms with E-state index in [1.807, 2.05) is 69.4 Å². The summed E-state index contributed by atoms with van der Waals surface area (Å²) in [5.74, 6) is 3.44. The van der Waals surface area contributed by atoms with E-state index in [0.29, 0.717) is 58.1 Å². The van der Waals surface area contributed by atoms with Gasteiger partial charge in [-0.3, -0.25) is 0 Å². The first-order valence-corrected chi connectivity index (χ1v) is 31.7. The number of sulfonamides is 2. The smallest absolute Gasteiger partial charge is 0.245 e. The number of H-pyrrole nitrogens is 1. The van der Waals surface area contributed by atoms with Gasteiger partial charge in [-0.05, 0) is 170 Å². The van der Waals surface area contributed by atoms with E-state index in [9.17, 15) is 34.4 Å². The second-order valence-corrected chi connectivity index (χ2v) is 25.6. The van der Waals surface area contributed by atoms with E-state index in [1.165, 1.54) is 32.4 Å². The van der Waals surface area contributed by atoms with Crippen LogP contribution in [0.3, 0.4) is 0 Å². The summed E-state index contributed by atoms with van der Waals surface area (Å²) < 4.78 is 131. The maximum Gasteiger partial charge on any atom is 0.245 e. The Morgan fingerprint density at radius 2 is 0.855 bits per heavy atom. The van der Waals surface area contributed by atoms with E-state index in [1.54, 1.807) is 139 Å². The minimum atomic E-state index is -4.39. The highest BCUT2D eigenvalue weighted by atomic mass is 127. The van der Waals surface area contributed by atoms with Crippen molar-refractivity contribution in [3.05, 3.63) is 186 Å². The Morgan fingerprint density at radius 3 is 1.16 bits per heavy atom. The first-order chi connectivity index (χ1) is 39.8. The molecule has 0 aliphatic carbocycles. The lowest BCUT2D eigenvalue weighted by Crippen LogP contribution is -2.33. The van der Waals surface area contributed by atoms with Gasteiger partial charge in [-0.15, -0.1) is 15.3 Å². The van der Waals surface area contributed by atoms with E-state index >= 15 is 0 Å². The average Bonchev–Trinajstić information content (AvgIpc) is 2.62. The topological polar surface area (TPSA) is 287 Å². The van der Waals surface area contributed by atoms with Gasteiger partial charge in [0.1, 0.15) is 45.1 Å². The fourth-order valence-corrected chi connectivity index (χ4v) is 15.2. The van der Waals surface area contributed by atoms with Gasteiger partial charge in [-0.2, -0.15) is 18.9 Å². The van der Waals surface area contributed by atoms with Crippen molar-refractivity contribution in [2.45, 2.75) is 52.7 Å². The van der Waals surface area contributed by atoms with E-state index in [-0.39, 0.29) is 69.3 Å². The number of methoxy groups -OCH3 is 5. The number of benzene rings is 7. The standard InChI is InChI=1S/C24H23IN4O6S2.C23H22IN5O6S2.C8H10O/c1-34-18-7-3-16(4-8-18)14-29(15-17-5-9-19(35-2)10-6-17)37(32,33)24-22(36(30)31)12-11-20(25)23(24)21-13-26-28-27-21;1-34-17-7-3-15(4-8-17)13-29(14-16-5-9-18(35-2)10-6-16)37(32,33)22-20(36(30)31)12-11-19(24)21(22)23-25-27-28-26-23;1-7-3-5-8(9-2)6-4-7/h3-12H,13-15H2,1-2H3,(H,30,31);3-12H,13-14H2,1-2H3,(H,30,31)(H,25,26,27,28);3-6H,1-2H3. The summed E-state index contributed by atoms with van der Waals surface area (Å²) in [5, 5.41) is 25.2. The van der Waals surface area contributed by atoms with E-state index in [4.69, 9.17) is 23.7 Å². The number of nitrogens with one attached hydrogen (secondary N) is 1. The molecule has 1 aromatic heterocycles. The van der Waals surface area contributed by atoms with Crippen molar-refractivity contribution in [2.75, 3.05) is 42.1 Å². The molecule has 0 fully saturated rings. The molecule has 28 heteroatoms. The summed E-state index contributed by atoms with van der Waals surface area (Å²) in [7, 11) is -0.878. The molecule has 0 amide bonds. The molecular weight excluding hydrogens is 1380 g/mol. The number of rotatable bonds is 21. The molecule has 83 heavy (non-hydrogen) atoms. The Labute approximate surface area is 512 Å². The third-order valence-corrected chi connectivity index (χ3v) is 19.6. The number of ether oxygens (including phenoxy) is 5.